The van der Waals surface area contributed by atoms with Crippen LogP contribution in [0.3, 0.4) is 0 Å². The fourth-order valence-electron chi connectivity index (χ4n) is 4.62. The summed E-state index contributed by atoms with van der Waals surface area (Å²) in [5.74, 6) is 0.298. The Morgan fingerprint density at radius 1 is 1.14 bits per heavy atom. The molecule has 198 valence electrons. The van der Waals surface area contributed by atoms with Crippen LogP contribution >= 0.6 is 23.1 Å². The summed E-state index contributed by atoms with van der Waals surface area (Å²) in [6.45, 7) is 4.07. The van der Waals surface area contributed by atoms with Gasteiger partial charge in [0.1, 0.15) is 0 Å². The van der Waals surface area contributed by atoms with Crippen LogP contribution in [0.2, 0.25) is 0 Å². The summed E-state index contributed by atoms with van der Waals surface area (Å²) in [4.78, 5) is 27.4. The van der Waals surface area contributed by atoms with Gasteiger partial charge in [-0.1, -0.05) is 62.7 Å². The summed E-state index contributed by atoms with van der Waals surface area (Å²) in [6, 6.07) is 12.2. The molecular formula is C27H34N4O4S2. The van der Waals surface area contributed by atoms with Crippen LogP contribution in [-0.2, 0) is 10.5 Å². The minimum absolute atomic E-state index is 0.0946. The van der Waals surface area contributed by atoms with E-state index in [1.807, 2.05) is 49.6 Å². The first-order valence-electron chi connectivity index (χ1n) is 12.7. The molecule has 1 unspecified atom stereocenters. The third kappa shape index (κ3) is 7.66. The third-order valence-corrected chi connectivity index (χ3v) is 8.41. The Morgan fingerprint density at radius 2 is 1.92 bits per heavy atom. The van der Waals surface area contributed by atoms with Crippen LogP contribution < -0.4 is 10.6 Å². The number of rotatable bonds is 11. The molecule has 2 amide bonds. The number of aliphatic hydroxyl groups is 1. The van der Waals surface area contributed by atoms with Crippen molar-refractivity contribution in [3.05, 3.63) is 64.2 Å². The molecule has 1 aromatic carbocycles. The molecule has 1 fully saturated rings. The van der Waals surface area contributed by atoms with Crippen molar-refractivity contribution >= 4 is 34.9 Å². The minimum Gasteiger partial charge on any atom is -0.413 e. The maximum atomic E-state index is 13.5. The Balaban J connectivity index is 1.41. The van der Waals surface area contributed by atoms with Crippen LogP contribution in [0.5, 0.6) is 0 Å². The van der Waals surface area contributed by atoms with E-state index in [0.717, 1.165) is 19.3 Å². The van der Waals surface area contributed by atoms with E-state index in [4.69, 9.17) is 4.42 Å². The third-order valence-electron chi connectivity index (χ3n) is 6.48. The standard InChI is InChI=1S/C27H34N4O4S2/c1-17(2)15-22(23(32)26-30-31-27(35-26)37-16-19-11-8-14-36-19)29-25(34)20-12-6-7-13-21(20)28-24(33)18-9-4-3-5-10-18/h3-5,8-11,14,17,20-23,32H,6-7,12-13,15-16H2,1-2H3,(H,28,33)(H,29,34)/t20-,21+,22+,23?/m1/s1. The second kappa shape index (κ2) is 13.2. The van der Waals surface area contributed by atoms with Crippen LogP contribution in [0.4, 0.5) is 0 Å². The maximum Gasteiger partial charge on any atom is 0.277 e. The zero-order chi connectivity index (χ0) is 26.2. The molecule has 3 N–H and O–H groups in total. The summed E-state index contributed by atoms with van der Waals surface area (Å²) in [6.07, 6.45) is 2.71. The van der Waals surface area contributed by atoms with Gasteiger partial charge in [0.15, 0.2) is 6.10 Å². The van der Waals surface area contributed by atoms with Crippen LogP contribution in [0.1, 0.15) is 73.2 Å². The molecule has 1 aliphatic carbocycles. The molecule has 8 nitrogen and oxygen atoms in total. The molecular weight excluding hydrogens is 508 g/mol. The van der Waals surface area contributed by atoms with Crippen molar-refractivity contribution in [1.29, 1.82) is 0 Å². The Labute approximate surface area is 225 Å². The van der Waals surface area contributed by atoms with E-state index in [2.05, 4.69) is 20.8 Å². The largest absolute Gasteiger partial charge is 0.413 e. The van der Waals surface area contributed by atoms with Crippen LogP contribution in [0.15, 0.2) is 57.5 Å². The fourth-order valence-corrected chi connectivity index (χ4v) is 6.16. The highest BCUT2D eigenvalue weighted by atomic mass is 32.2. The van der Waals surface area contributed by atoms with E-state index in [1.165, 1.54) is 16.6 Å². The van der Waals surface area contributed by atoms with Gasteiger partial charge < -0.3 is 20.2 Å². The zero-order valence-electron chi connectivity index (χ0n) is 21.1. The summed E-state index contributed by atoms with van der Waals surface area (Å²) in [5, 5.41) is 27.8. The first kappa shape index (κ1) is 27.3. The van der Waals surface area contributed by atoms with Crippen molar-refractivity contribution in [2.45, 2.75) is 75.1 Å². The summed E-state index contributed by atoms with van der Waals surface area (Å²) >= 11 is 3.07. The quantitative estimate of drug-likeness (QED) is 0.293. The Kier molecular flexibility index (Phi) is 9.76. The molecule has 4 rings (SSSR count). The molecule has 0 aliphatic heterocycles. The number of aromatic nitrogens is 2. The van der Waals surface area contributed by atoms with Crippen molar-refractivity contribution in [2.75, 3.05) is 0 Å². The van der Waals surface area contributed by atoms with Crippen molar-refractivity contribution in [3.8, 4) is 0 Å². The highest BCUT2D eigenvalue weighted by molar-refractivity contribution is 7.98. The monoisotopic (exact) mass is 542 g/mol. The number of carbonyl (C=O) groups is 2. The molecule has 3 aromatic rings. The van der Waals surface area contributed by atoms with E-state index in [-0.39, 0.29) is 35.6 Å². The van der Waals surface area contributed by atoms with E-state index in [0.29, 0.717) is 29.4 Å². The van der Waals surface area contributed by atoms with Gasteiger partial charge in [0.05, 0.1) is 12.0 Å². The van der Waals surface area contributed by atoms with Gasteiger partial charge in [-0.25, -0.2) is 0 Å². The molecule has 0 spiro atoms. The first-order valence-corrected chi connectivity index (χ1v) is 14.6. The number of amides is 2. The van der Waals surface area contributed by atoms with Crippen LogP contribution in [0.25, 0.3) is 0 Å². The van der Waals surface area contributed by atoms with Gasteiger partial charge >= 0.3 is 0 Å². The molecule has 0 saturated heterocycles. The predicted octanol–water partition coefficient (Wildman–Crippen LogP) is 4.98. The van der Waals surface area contributed by atoms with Crippen molar-refractivity contribution in [3.63, 3.8) is 0 Å². The van der Waals surface area contributed by atoms with E-state index < -0.39 is 12.1 Å². The van der Waals surface area contributed by atoms with Gasteiger partial charge in [0.2, 0.25) is 11.8 Å². The summed E-state index contributed by atoms with van der Waals surface area (Å²) < 4.78 is 5.74. The Bertz CT molecular complexity index is 1140. The van der Waals surface area contributed by atoms with Gasteiger partial charge in [-0.2, -0.15) is 0 Å². The van der Waals surface area contributed by atoms with Gasteiger partial charge in [-0.15, -0.1) is 21.5 Å². The number of nitrogens with zero attached hydrogens (tertiary/aromatic N) is 2. The smallest absolute Gasteiger partial charge is 0.277 e. The topological polar surface area (TPSA) is 117 Å². The molecule has 10 heteroatoms. The number of thioether (sulfide) groups is 1. The maximum absolute atomic E-state index is 13.5. The molecule has 0 radical (unpaired) electrons. The number of carbonyl (C=O) groups excluding carboxylic acids is 2. The number of nitrogens with one attached hydrogen (secondary N) is 2. The molecule has 2 aromatic heterocycles. The number of aliphatic hydroxyl groups excluding tert-OH is 1. The zero-order valence-corrected chi connectivity index (χ0v) is 22.8. The molecule has 2 heterocycles. The normalized spacial score (nSPS) is 19.4. The predicted molar refractivity (Wildman–Crippen MR) is 144 cm³/mol. The van der Waals surface area contributed by atoms with E-state index >= 15 is 0 Å². The molecule has 4 atom stereocenters. The molecule has 0 bridgehead atoms. The van der Waals surface area contributed by atoms with Crippen molar-refractivity contribution in [1.82, 2.24) is 20.8 Å². The average molecular weight is 543 g/mol. The fraction of sp³-hybridized carbons (Fsp3) is 0.481. The molecule has 1 saturated carbocycles. The lowest BCUT2D eigenvalue weighted by molar-refractivity contribution is -0.128. The SMILES string of the molecule is CC(C)C[C@H](NC(=O)[C@@H]1CCCC[C@@H]1NC(=O)c1ccccc1)C(O)c1nnc(SCc2cccs2)o1. The highest BCUT2D eigenvalue weighted by Gasteiger charge is 2.35. The first-order chi connectivity index (χ1) is 17.9. The lowest BCUT2D eigenvalue weighted by Gasteiger charge is -2.33. The lowest BCUT2D eigenvalue weighted by Crippen LogP contribution is -2.51. The summed E-state index contributed by atoms with van der Waals surface area (Å²) in [5.41, 5.74) is 0.574. The second-order valence-corrected chi connectivity index (χ2v) is 11.8. The van der Waals surface area contributed by atoms with Crippen molar-refractivity contribution < 1.29 is 19.1 Å². The van der Waals surface area contributed by atoms with Gasteiger partial charge in [-0.05, 0) is 48.8 Å². The van der Waals surface area contributed by atoms with Gasteiger partial charge in [-0.3, -0.25) is 9.59 Å². The highest BCUT2D eigenvalue weighted by Crippen LogP contribution is 2.29. The van der Waals surface area contributed by atoms with Crippen molar-refractivity contribution in [2.24, 2.45) is 11.8 Å². The average Bonchev–Trinajstić information content (AvgIpc) is 3.59. The lowest BCUT2D eigenvalue weighted by atomic mass is 9.83. The number of benzene rings is 1. The number of thiophene rings is 1. The van der Waals surface area contributed by atoms with E-state index in [1.54, 1.807) is 23.5 Å². The van der Waals surface area contributed by atoms with Gasteiger partial charge in [0, 0.05) is 22.2 Å². The minimum atomic E-state index is -1.13. The van der Waals surface area contributed by atoms with Gasteiger partial charge in [0.25, 0.3) is 11.1 Å². The molecule has 1 aliphatic rings. The Hall–Kier alpha value is -2.69. The number of hydrogen-bond donors (Lipinski definition) is 3. The molecule has 37 heavy (non-hydrogen) atoms. The van der Waals surface area contributed by atoms with E-state index in [9.17, 15) is 14.7 Å². The van der Waals surface area contributed by atoms with Crippen LogP contribution in [-0.4, -0.2) is 39.2 Å². The summed E-state index contributed by atoms with van der Waals surface area (Å²) in [7, 11) is 0. The second-order valence-electron chi connectivity index (χ2n) is 9.80. The van der Waals surface area contributed by atoms with Crippen LogP contribution in [0, 0.1) is 11.8 Å². The Morgan fingerprint density at radius 3 is 2.65 bits per heavy atom. The number of hydrogen-bond acceptors (Lipinski definition) is 8.